The van der Waals surface area contributed by atoms with Crippen LogP contribution in [-0.2, 0) is 6.42 Å². The second kappa shape index (κ2) is 6.70. The smallest absolute Gasteiger partial charge is 0.230 e. The summed E-state index contributed by atoms with van der Waals surface area (Å²) in [5.74, 6) is 1.09. The second-order valence-corrected chi connectivity index (χ2v) is 4.01. The van der Waals surface area contributed by atoms with E-state index in [-0.39, 0.29) is 0 Å². The highest BCUT2D eigenvalue weighted by molar-refractivity contribution is 5.53. The van der Waals surface area contributed by atoms with Gasteiger partial charge in [0.15, 0.2) is 0 Å². The van der Waals surface area contributed by atoms with E-state index in [1.54, 1.807) is 12.3 Å². The normalized spacial score (nSPS) is 10.2. The Bertz CT molecular complexity index is 513. The van der Waals surface area contributed by atoms with Crippen molar-refractivity contribution in [3.63, 3.8) is 0 Å². The van der Waals surface area contributed by atoms with Crippen molar-refractivity contribution in [2.24, 2.45) is 5.73 Å². The zero-order valence-electron chi connectivity index (χ0n) is 11.0. The van der Waals surface area contributed by atoms with Gasteiger partial charge in [0, 0.05) is 18.0 Å². The molecule has 2 rings (SSSR count). The molecule has 0 saturated carbocycles. The minimum atomic E-state index is 0.525. The first-order chi connectivity index (χ1) is 9.31. The molecular formula is C14H18N4O. The van der Waals surface area contributed by atoms with Gasteiger partial charge < -0.3 is 15.8 Å². The molecule has 3 N–H and O–H groups in total. The van der Waals surface area contributed by atoms with Gasteiger partial charge >= 0.3 is 0 Å². The first-order valence-electron chi connectivity index (χ1n) is 6.33. The van der Waals surface area contributed by atoms with Gasteiger partial charge in [-0.1, -0.05) is 12.1 Å². The average Bonchev–Trinajstić information content (AvgIpc) is 2.42. The zero-order chi connectivity index (χ0) is 13.5. The van der Waals surface area contributed by atoms with Gasteiger partial charge in [-0.3, -0.25) is 0 Å². The summed E-state index contributed by atoms with van der Waals surface area (Å²) in [6.45, 7) is 3.17. The Hall–Kier alpha value is -2.14. The summed E-state index contributed by atoms with van der Waals surface area (Å²) in [5, 5.41) is 3.14. The van der Waals surface area contributed by atoms with Crippen molar-refractivity contribution < 1.29 is 4.74 Å². The van der Waals surface area contributed by atoms with Crippen LogP contribution in [-0.4, -0.2) is 23.1 Å². The van der Waals surface area contributed by atoms with E-state index in [4.69, 9.17) is 10.5 Å². The van der Waals surface area contributed by atoms with Gasteiger partial charge in [-0.2, -0.15) is 4.98 Å². The highest BCUT2D eigenvalue weighted by Crippen LogP contribution is 2.16. The van der Waals surface area contributed by atoms with Gasteiger partial charge in [0.1, 0.15) is 0 Å². The highest BCUT2D eigenvalue weighted by atomic mass is 16.5. The molecule has 0 aliphatic heterocycles. The summed E-state index contributed by atoms with van der Waals surface area (Å²) in [6.07, 6.45) is 2.56. The number of aromatic nitrogens is 2. The molecule has 0 atom stereocenters. The Morgan fingerprint density at radius 1 is 1.21 bits per heavy atom. The number of nitrogens with one attached hydrogen (secondary N) is 1. The van der Waals surface area contributed by atoms with Crippen LogP contribution >= 0.6 is 0 Å². The van der Waals surface area contributed by atoms with Crippen molar-refractivity contribution in [2.75, 3.05) is 18.5 Å². The molecule has 0 bridgehead atoms. The van der Waals surface area contributed by atoms with Crippen LogP contribution in [0.15, 0.2) is 36.5 Å². The molecule has 0 aliphatic carbocycles. The van der Waals surface area contributed by atoms with E-state index in [1.165, 1.54) is 5.56 Å². The summed E-state index contributed by atoms with van der Waals surface area (Å²) in [6, 6.07) is 9.80. The minimum Gasteiger partial charge on any atom is -0.478 e. The van der Waals surface area contributed by atoms with E-state index in [0.29, 0.717) is 25.0 Å². The van der Waals surface area contributed by atoms with Gasteiger partial charge in [-0.05, 0) is 37.6 Å². The fourth-order valence-corrected chi connectivity index (χ4v) is 1.68. The molecule has 19 heavy (non-hydrogen) atoms. The third-order valence-corrected chi connectivity index (χ3v) is 2.57. The topological polar surface area (TPSA) is 73.1 Å². The highest BCUT2D eigenvalue weighted by Gasteiger charge is 2.00. The van der Waals surface area contributed by atoms with Crippen molar-refractivity contribution >= 4 is 11.6 Å². The Balaban J connectivity index is 2.05. The van der Waals surface area contributed by atoms with E-state index in [0.717, 1.165) is 12.1 Å². The summed E-state index contributed by atoms with van der Waals surface area (Å²) in [4.78, 5) is 8.41. The van der Waals surface area contributed by atoms with Crippen LogP contribution in [0.3, 0.4) is 0 Å². The molecule has 0 fully saturated rings. The number of rotatable bonds is 6. The SMILES string of the molecule is CCOc1ccnc(Nc2ccc(CCN)cc2)n1. The van der Waals surface area contributed by atoms with Crippen LogP contribution in [0.2, 0.25) is 0 Å². The Morgan fingerprint density at radius 2 is 2.00 bits per heavy atom. The predicted octanol–water partition coefficient (Wildman–Crippen LogP) is 2.12. The molecule has 0 unspecified atom stereocenters. The van der Waals surface area contributed by atoms with Crippen LogP contribution in [0.25, 0.3) is 0 Å². The Morgan fingerprint density at radius 3 is 2.68 bits per heavy atom. The van der Waals surface area contributed by atoms with Crippen molar-refractivity contribution in [1.82, 2.24) is 9.97 Å². The molecule has 5 nitrogen and oxygen atoms in total. The van der Waals surface area contributed by atoms with Crippen LogP contribution in [0.1, 0.15) is 12.5 Å². The standard InChI is InChI=1S/C14H18N4O/c1-2-19-13-8-10-16-14(18-13)17-12-5-3-11(4-6-12)7-9-15/h3-6,8,10H,2,7,9,15H2,1H3,(H,16,17,18). The maximum atomic E-state index is 5.52. The summed E-state index contributed by atoms with van der Waals surface area (Å²) in [5.41, 5.74) is 7.68. The molecule has 0 radical (unpaired) electrons. The van der Waals surface area contributed by atoms with E-state index in [2.05, 4.69) is 15.3 Å². The number of nitrogens with zero attached hydrogens (tertiary/aromatic N) is 2. The molecule has 1 aromatic heterocycles. The minimum absolute atomic E-state index is 0.525. The molecule has 1 aromatic carbocycles. The molecule has 0 aliphatic rings. The number of hydrogen-bond donors (Lipinski definition) is 2. The third kappa shape index (κ3) is 3.93. The predicted molar refractivity (Wildman–Crippen MR) is 75.7 cm³/mol. The van der Waals surface area contributed by atoms with Crippen LogP contribution < -0.4 is 15.8 Å². The molecular weight excluding hydrogens is 240 g/mol. The Kier molecular flexibility index (Phi) is 4.69. The summed E-state index contributed by atoms with van der Waals surface area (Å²) >= 11 is 0. The van der Waals surface area contributed by atoms with Crippen molar-refractivity contribution in [2.45, 2.75) is 13.3 Å². The van der Waals surface area contributed by atoms with Gasteiger partial charge in [0.05, 0.1) is 6.61 Å². The fraction of sp³-hybridized carbons (Fsp3) is 0.286. The summed E-state index contributed by atoms with van der Waals surface area (Å²) in [7, 11) is 0. The molecule has 0 amide bonds. The van der Waals surface area contributed by atoms with E-state index < -0.39 is 0 Å². The Labute approximate surface area is 112 Å². The number of anilines is 2. The summed E-state index contributed by atoms with van der Waals surface area (Å²) < 4.78 is 5.33. The maximum absolute atomic E-state index is 5.52. The molecule has 2 aromatic rings. The van der Waals surface area contributed by atoms with Crippen LogP contribution in [0.5, 0.6) is 5.88 Å². The lowest BCUT2D eigenvalue weighted by Crippen LogP contribution is -2.03. The lowest BCUT2D eigenvalue weighted by Gasteiger charge is -2.07. The van der Waals surface area contributed by atoms with Crippen LogP contribution in [0, 0.1) is 0 Å². The van der Waals surface area contributed by atoms with E-state index in [9.17, 15) is 0 Å². The molecule has 0 saturated heterocycles. The number of nitrogens with two attached hydrogens (primary N) is 1. The third-order valence-electron chi connectivity index (χ3n) is 2.57. The molecule has 1 heterocycles. The fourth-order valence-electron chi connectivity index (χ4n) is 1.68. The number of benzene rings is 1. The van der Waals surface area contributed by atoms with Gasteiger partial charge in [-0.25, -0.2) is 4.98 Å². The molecule has 0 spiro atoms. The van der Waals surface area contributed by atoms with Gasteiger partial charge in [-0.15, -0.1) is 0 Å². The lowest BCUT2D eigenvalue weighted by molar-refractivity contribution is 0.327. The average molecular weight is 258 g/mol. The largest absolute Gasteiger partial charge is 0.478 e. The van der Waals surface area contributed by atoms with E-state index >= 15 is 0 Å². The van der Waals surface area contributed by atoms with Gasteiger partial charge in [0.2, 0.25) is 11.8 Å². The monoisotopic (exact) mass is 258 g/mol. The van der Waals surface area contributed by atoms with Gasteiger partial charge in [0.25, 0.3) is 0 Å². The number of hydrogen-bond acceptors (Lipinski definition) is 5. The number of ether oxygens (including phenoxy) is 1. The molecule has 5 heteroatoms. The molecule has 100 valence electrons. The first kappa shape index (κ1) is 13.3. The van der Waals surface area contributed by atoms with E-state index in [1.807, 2.05) is 31.2 Å². The van der Waals surface area contributed by atoms with Crippen molar-refractivity contribution in [3.8, 4) is 5.88 Å². The van der Waals surface area contributed by atoms with Crippen molar-refractivity contribution in [1.29, 1.82) is 0 Å². The lowest BCUT2D eigenvalue weighted by atomic mass is 10.1. The second-order valence-electron chi connectivity index (χ2n) is 4.01. The first-order valence-corrected chi connectivity index (χ1v) is 6.33. The van der Waals surface area contributed by atoms with Crippen LogP contribution in [0.4, 0.5) is 11.6 Å². The zero-order valence-corrected chi connectivity index (χ0v) is 11.0. The van der Waals surface area contributed by atoms with Crippen molar-refractivity contribution in [3.05, 3.63) is 42.1 Å². The maximum Gasteiger partial charge on any atom is 0.230 e. The quantitative estimate of drug-likeness (QED) is 0.830.